The minimum atomic E-state index is -0.330. The third kappa shape index (κ3) is 5.48. The Morgan fingerprint density at radius 3 is 2.49 bits per heavy atom. The van der Waals surface area contributed by atoms with Crippen LogP contribution in [0.3, 0.4) is 0 Å². The summed E-state index contributed by atoms with van der Waals surface area (Å²) >= 11 is 6.05. The van der Waals surface area contributed by atoms with Crippen LogP contribution in [0.15, 0.2) is 24.3 Å². The average molecular weight is 501 g/mol. The number of ether oxygens (including phenoxy) is 1. The van der Waals surface area contributed by atoms with Crippen LogP contribution in [0.4, 0.5) is 0 Å². The summed E-state index contributed by atoms with van der Waals surface area (Å²) in [7, 11) is 0. The van der Waals surface area contributed by atoms with Gasteiger partial charge in [0.1, 0.15) is 18.4 Å². The highest BCUT2D eigenvalue weighted by Gasteiger charge is 2.31. The van der Waals surface area contributed by atoms with Crippen molar-refractivity contribution in [3.05, 3.63) is 46.2 Å². The quantitative estimate of drug-likeness (QED) is 0.681. The molecule has 0 unspecified atom stereocenters. The van der Waals surface area contributed by atoms with Gasteiger partial charge >= 0.3 is 0 Å². The van der Waals surface area contributed by atoms with Crippen LogP contribution in [0.25, 0.3) is 0 Å². The molecule has 0 saturated carbocycles. The molecular weight excluding hydrogens is 468 g/mol. The van der Waals surface area contributed by atoms with Crippen molar-refractivity contribution in [2.24, 2.45) is 0 Å². The van der Waals surface area contributed by atoms with Crippen LogP contribution in [0.2, 0.25) is 5.02 Å². The number of hydrogen-bond donors (Lipinski definition) is 1. The Morgan fingerprint density at radius 2 is 1.74 bits per heavy atom. The number of aliphatic hydroxyl groups excluding tert-OH is 1. The normalized spacial score (nSPS) is 19.5. The summed E-state index contributed by atoms with van der Waals surface area (Å²) in [5, 5.41) is 15.1. The number of aliphatic hydroxyl groups is 1. The molecule has 1 aliphatic carbocycles. The van der Waals surface area contributed by atoms with Crippen molar-refractivity contribution in [1.82, 2.24) is 19.6 Å². The van der Waals surface area contributed by atoms with E-state index in [4.69, 9.17) is 16.3 Å². The van der Waals surface area contributed by atoms with Crippen LogP contribution in [-0.4, -0.2) is 74.9 Å². The zero-order valence-electron chi connectivity index (χ0n) is 20.0. The summed E-state index contributed by atoms with van der Waals surface area (Å²) in [6.07, 6.45) is 6.21. The lowest BCUT2D eigenvalue weighted by molar-refractivity contribution is -0.133. The molecule has 35 heavy (non-hydrogen) atoms. The van der Waals surface area contributed by atoms with Gasteiger partial charge in [-0.05, 0) is 56.7 Å². The fraction of sp³-hybridized carbons (Fsp3) is 0.577. The molecule has 9 heteroatoms. The lowest BCUT2D eigenvalue weighted by atomic mass is 9.95. The van der Waals surface area contributed by atoms with Crippen molar-refractivity contribution in [2.45, 2.75) is 70.1 Å². The smallest absolute Gasteiger partial charge is 0.274 e. The van der Waals surface area contributed by atoms with Gasteiger partial charge in [-0.25, -0.2) is 0 Å². The summed E-state index contributed by atoms with van der Waals surface area (Å²) in [4.78, 5) is 30.1. The minimum absolute atomic E-state index is 0.0298. The second-order valence-electron chi connectivity index (χ2n) is 9.82. The molecule has 2 aliphatic heterocycles. The van der Waals surface area contributed by atoms with Crippen LogP contribution in [0.1, 0.15) is 60.3 Å². The van der Waals surface area contributed by atoms with Crippen molar-refractivity contribution in [3.8, 4) is 5.75 Å². The van der Waals surface area contributed by atoms with E-state index in [0.29, 0.717) is 49.7 Å². The van der Waals surface area contributed by atoms with Crippen LogP contribution in [-0.2, 0) is 24.2 Å². The number of benzene rings is 1. The molecule has 2 fully saturated rings. The van der Waals surface area contributed by atoms with Gasteiger partial charge in [-0.1, -0.05) is 17.7 Å². The Labute approximate surface area is 210 Å². The van der Waals surface area contributed by atoms with E-state index >= 15 is 0 Å². The van der Waals surface area contributed by atoms with Gasteiger partial charge in [0.2, 0.25) is 5.91 Å². The number of likely N-dealkylation sites (tertiary alicyclic amines) is 2. The van der Waals surface area contributed by atoms with Gasteiger partial charge < -0.3 is 19.6 Å². The van der Waals surface area contributed by atoms with Crippen LogP contribution in [0, 0.1) is 0 Å². The van der Waals surface area contributed by atoms with Crippen LogP contribution < -0.4 is 4.74 Å². The molecule has 188 valence electrons. The van der Waals surface area contributed by atoms with Crippen molar-refractivity contribution in [3.63, 3.8) is 0 Å². The highest BCUT2D eigenvalue weighted by molar-refractivity contribution is 6.30. The van der Waals surface area contributed by atoms with Crippen molar-refractivity contribution in [1.29, 1.82) is 0 Å². The predicted octanol–water partition coefficient (Wildman–Crippen LogP) is 3.08. The van der Waals surface area contributed by atoms with Gasteiger partial charge in [0, 0.05) is 55.3 Å². The molecule has 1 aromatic heterocycles. The molecular formula is C26H33ClN4O4. The average Bonchev–Trinajstić information content (AvgIpc) is 3.23. The zero-order chi connectivity index (χ0) is 24.4. The summed E-state index contributed by atoms with van der Waals surface area (Å²) < 4.78 is 7.83. The largest absolute Gasteiger partial charge is 0.490 e. The third-order valence-electron chi connectivity index (χ3n) is 7.39. The number of carbonyl (C=O) groups is 2. The molecule has 0 bridgehead atoms. The first-order valence-corrected chi connectivity index (χ1v) is 13.1. The number of hydrogen-bond acceptors (Lipinski definition) is 5. The fourth-order valence-electron chi connectivity index (χ4n) is 5.38. The summed E-state index contributed by atoms with van der Waals surface area (Å²) in [6, 6.07) is 7.40. The first-order chi connectivity index (χ1) is 17.0. The van der Waals surface area contributed by atoms with Gasteiger partial charge in [-0.2, -0.15) is 5.10 Å². The SMILES string of the molecule is O=C(Cn1nc(C(=O)N2CCC(O)CC2)c2c1CCCC2)N1CCC(Oc2cccc(Cl)c2)CC1. The standard InChI is InChI=1S/C26H33ClN4O4/c27-18-4-3-5-21(16-18)35-20-10-14-29(15-11-20)24(33)17-31-23-7-2-1-6-22(23)25(28-31)26(34)30-12-8-19(32)9-13-30/h3-5,16,19-20,32H,1-2,6-15,17H2. The molecule has 2 amide bonds. The molecule has 1 N–H and O–H groups in total. The first kappa shape index (κ1) is 24.1. The summed E-state index contributed by atoms with van der Waals surface area (Å²) in [5.41, 5.74) is 2.54. The van der Waals surface area contributed by atoms with Gasteiger partial charge in [-0.3, -0.25) is 14.3 Å². The Morgan fingerprint density at radius 1 is 1.03 bits per heavy atom. The topological polar surface area (TPSA) is 87.9 Å². The maximum Gasteiger partial charge on any atom is 0.274 e. The number of nitrogens with zero attached hydrogens (tertiary/aromatic N) is 4. The maximum atomic E-state index is 13.2. The number of piperidine rings is 2. The summed E-state index contributed by atoms with van der Waals surface area (Å²) in [5.74, 6) is 0.716. The zero-order valence-corrected chi connectivity index (χ0v) is 20.8. The number of carbonyl (C=O) groups excluding carboxylic acids is 2. The molecule has 3 aliphatic rings. The first-order valence-electron chi connectivity index (χ1n) is 12.7. The Kier molecular flexibility index (Phi) is 7.29. The number of fused-ring (bicyclic) bond motifs is 1. The van der Waals surface area contributed by atoms with Gasteiger partial charge in [0.15, 0.2) is 5.69 Å². The molecule has 0 radical (unpaired) electrons. The molecule has 0 atom stereocenters. The van der Waals surface area contributed by atoms with E-state index in [2.05, 4.69) is 5.10 Å². The van der Waals surface area contributed by atoms with Gasteiger partial charge in [-0.15, -0.1) is 0 Å². The highest BCUT2D eigenvalue weighted by Crippen LogP contribution is 2.27. The van der Waals surface area contributed by atoms with Gasteiger partial charge in [0.05, 0.1) is 6.10 Å². The van der Waals surface area contributed by atoms with E-state index in [1.165, 1.54) is 0 Å². The van der Waals surface area contributed by atoms with Crippen LogP contribution >= 0.6 is 11.6 Å². The molecule has 2 aromatic rings. The second kappa shape index (κ2) is 10.6. The highest BCUT2D eigenvalue weighted by atomic mass is 35.5. The fourth-order valence-corrected chi connectivity index (χ4v) is 5.56. The van der Waals surface area contributed by atoms with E-state index in [1.54, 1.807) is 9.58 Å². The molecule has 5 rings (SSSR count). The van der Waals surface area contributed by atoms with Crippen LogP contribution in [0.5, 0.6) is 5.75 Å². The maximum absolute atomic E-state index is 13.2. The Balaban J connectivity index is 1.22. The number of rotatable bonds is 5. The molecule has 2 saturated heterocycles. The Hall–Kier alpha value is -2.58. The molecule has 8 nitrogen and oxygen atoms in total. The number of amides is 2. The van der Waals surface area contributed by atoms with Crippen molar-refractivity contribution < 1.29 is 19.4 Å². The molecule has 1 aromatic carbocycles. The second-order valence-corrected chi connectivity index (χ2v) is 10.3. The van der Waals surface area contributed by atoms with E-state index in [-0.39, 0.29) is 30.6 Å². The van der Waals surface area contributed by atoms with E-state index in [0.717, 1.165) is 55.5 Å². The summed E-state index contributed by atoms with van der Waals surface area (Å²) in [6.45, 7) is 2.53. The molecule has 0 spiro atoms. The van der Waals surface area contributed by atoms with Gasteiger partial charge in [0.25, 0.3) is 5.91 Å². The lowest BCUT2D eigenvalue weighted by Gasteiger charge is -2.32. The number of aromatic nitrogens is 2. The lowest BCUT2D eigenvalue weighted by Crippen LogP contribution is -2.43. The molecule has 3 heterocycles. The third-order valence-corrected chi connectivity index (χ3v) is 7.62. The number of halogens is 1. The van der Waals surface area contributed by atoms with Crippen molar-refractivity contribution >= 4 is 23.4 Å². The van der Waals surface area contributed by atoms with E-state index in [1.807, 2.05) is 29.2 Å². The minimum Gasteiger partial charge on any atom is -0.490 e. The van der Waals surface area contributed by atoms with E-state index < -0.39 is 0 Å². The van der Waals surface area contributed by atoms with Crippen molar-refractivity contribution in [2.75, 3.05) is 26.2 Å². The monoisotopic (exact) mass is 500 g/mol. The Bertz CT molecular complexity index is 1070. The predicted molar refractivity (Wildman–Crippen MR) is 132 cm³/mol. The van der Waals surface area contributed by atoms with E-state index in [9.17, 15) is 14.7 Å².